The van der Waals surface area contributed by atoms with Crippen molar-refractivity contribution in [3.05, 3.63) is 0 Å². The molecule has 1 atom stereocenters. The molecule has 7 heteroatoms. The SMILES string of the molecule is CCC(C)(C(=O)NO)S(C)(=O)=O.Cl. The Balaban J connectivity index is 0. The topological polar surface area (TPSA) is 83.5 Å². The summed E-state index contributed by atoms with van der Waals surface area (Å²) < 4.78 is 20.7. The lowest BCUT2D eigenvalue weighted by Crippen LogP contribution is -2.48. The van der Waals surface area contributed by atoms with E-state index in [4.69, 9.17) is 5.21 Å². The van der Waals surface area contributed by atoms with Gasteiger partial charge in [0.25, 0.3) is 5.91 Å². The van der Waals surface area contributed by atoms with E-state index in [1.807, 2.05) is 0 Å². The molecule has 2 N–H and O–H groups in total. The summed E-state index contributed by atoms with van der Waals surface area (Å²) in [6.45, 7) is 2.84. The molecule has 0 aliphatic carbocycles. The predicted octanol–water partition coefficient (Wildman–Crippen LogP) is 0.127. The Morgan fingerprint density at radius 3 is 2.00 bits per heavy atom. The number of nitrogens with one attached hydrogen (secondary N) is 1. The molecule has 1 unspecified atom stereocenters. The summed E-state index contributed by atoms with van der Waals surface area (Å²) in [7, 11) is -3.50. The van der Waals surface area contributed by atoms with Crippen LogP contribution in [-0.2, 0) is 14.6 Å². The first kappa shape index (κ1) is 15.2. The Bertz CT molecular complexity index is 276. The number of hydroxylamine groups is 1. The lowest BCUT2D eigenvalue weighted by atomic mass is 10.1. The number of rotatable bonds is 3. The molecule has 0 rings (SSSR count). The predicted molar refractivity (Wildman–Crippen MR) is 50.7 cm³/mol. The van der Waals surface area contributed by atoms with Crippen molar-refractivity contribution < 1.29 is 18.4 Å². The van der Waals surface area contributed by atoms with Crippen LogP contribution in [0.5, 0.6) is 0 Å². The van der Waals surface area contributed by atoms with Gasteiger partial charge >= 0.3 is 0 Å². The van der Waals surface area contributed by atoms with Gasteiger partial charge in [0.1, 0.15) is 4.75 Å². The highest BCUT2D eigenvalue weighted by molar-refractivity contribution is 7.92. The summed E-state index contributed by atoms with van der Waals surface area (Å²) in [5.74, 6) is -0.896. The van der Waals surface area contributed by atoms with Gasteiger partial charge in [-0.15, -0.1) is 12.4 Å². The van der Waals surface area contributed by atoms with Crippen LogP contribution in [0, 0.1) is 0 Å². The number of halogens is 1. The molecule has 0 heterocycles. The van der Waals surface area contributed by atoms with Crippen LogP contribution in [0.2, 0.25) is 0 Å². The van der Waals surface area contributed by atoms with Gasteiger partial charge in [-0.1, -0.05) is 6.92 Å². The number of amides is 1. The summed E-state index contributed by atoms with van der Waals surface area (Å²) in [5, 5.41) is 8.30. The Morgan fingerprint density at radius 2 is 1.92 bits per heavy atom. The molecular formula is C6H14ClNO4S. The van der Waals surface area contributed by atoms with E-state index in [1.165, 1.54) is 12.4 Å². The van der Waals surface area contributed by atoms with E-state index >= 15 is 0 Å². The third-order valence-electron chi connectivity index (χ3n) is 2.07. The highest BCUT2D eigenvalue weighted by Crippen LogP contribution is 2.20. The summed E-state index contributed by atoms with van der Waals surface area (Å²) >= 11 is 0. The molecule has 1 amide bonds. The third-order valence-corrected chi connectivity index (χ3v) is 4.19. The van der Waals surface area contributed by atoms with Crippen LogP contribution in [0.4, 0.5) is 0 Å². The van der Waals surface area contributed by atoms with E-state index in [0.717, 1.165) is 6.26 Å². The van der Waals surface area contributed by atoms with E-state index in [1.54, 1.807) is 6.92 Å². The summed E-state index contributed by atoms with van der Waals surface area (Å²) in [6.07, 6.45) is 1.09. The highest BCUT2D eigenvalue weighted by atomic mass is 35.5. The zero-order chi connectivity index (χ0) is 9.99. The monoisotopic (exact) mass is 231 g/mol. The van der Waals surface area contributed by atoms with Crippen molar-refractivity contribution in [3.63, 3.8) is 0 Å². The lowest BCUT2D eigenvalue weighted by Gasteiger charge is -2.22. The quantitative estimate of drug-likeness (QED) is 0.534. The summed E-state index contributed by atoms with van der Waals surface area (Å²) in [4.78, 5) is 11.0. The number of hydrogen-bond acceptors (Lipinski definition) is 4. The zero-order valence-corrected chi connectivity index (χ0v) is 9.33. The van der Waals surface area contributed by atoms with Crippen LogP contribution in [0.3, 0.4) is 0 Å². The standard InChI is InChI=1S/C6H13NO4S.ClH/c1-4-6(2,5(8)7-9)12(3,10)11;/h9H,4H2,1-3H3,(H,7,8);1H. The van der Waals surface area contributed by atoms with Gasteiger partial charge in [-0.25, -0.2) is 13.9 Å². The molecule has 0 aromatic rings. The third kappa shape index (κ3) is 2.82. The van der Waals surface area contributed by atoms with Crippen LogP contribution < -0.4 is 5.48 Å². The van der Waals surface area contributed by atoms with Gasteiger partial charge < -0.3 is 0 Å². The first-order chi connectivity index (χ1) is 5.29. The molecule has 0 aromatic heterocycles. The molecule has 0 fully saturated rings. The van der Waals surface area contributed by atoms with Crippen LogP contribution in [-0.4, -0.2) is 30.5 Å². The number of sulfone groups is 1. The minimum atomic E-state index is -3.50. The van der Waals surface area contributed by atoms with E-state index in [2.05, 4.69) is 0 Å². The minimum Gasteiger partial charge on any atom is -0.289 e. The van der Waals surface area contributed by atoms with Gasteiger partial charge in [0, 0.05) is 6.26 Å². The van der Waals surface area contributed by atoms with Crippen LogP contribution >= 0.6 is 12.4 Å². The highest BCUT2D eigenvalue weighted by Gasteiger charge is 2.41. The van der Waals surface area contributed by atoms with E-state index in [-0.39, 0.29) is 18.8 Å². The maximum Gasteiger partial charge on any atom is 0.264 e. The zero-order valence-electron chi connectivity index (χ0n) is 7.70. The molecule has 0 aromatic carbocycles. The molecule has 0 radical (unpaired) electrons. The smallest absolute Gasteiger partial charge is 0.264 e. The van der Waals surface area contributed by atoms with Crippen molar-refractivity contribution >= 4 is 28.2 Å². The molecule has 5 nitrogen and oxygen atoms in total. The Morgan fingerprint density at radius 1 is 1.54 bits per heavy atom. The molecule has 0 aliphatic heterocycles. The summed E-state index contributed by atoms with van der Waals surface area (Å²) in [5.41, 5.74) is 1.34. The molecule has 0 saturated carbocycles. The van der Waals surface area contributed by atoms with Crippen molar-refractivity contribution in [2.75, 3.05) is 6.26 Å². The fraction of sp³-hybridized carbons (Fsp3) is 0.833. The fourth-order valence-electron chi connectivity index (χ4n) is 0.709. The maximum atomic E-state index is 11.1. The van der Waals surface area contributed by atoms with Crippen molar-refractivity contribution in [2.45, 2.75) is 25.0 Å². The second-order valence-corrected chi connectivity index (χ2v) is 5.24. The molecule has 0 aliphatic rings. The van der Waals surface area contributed by atoms with Gasteiger partial charge in [-0.05, 0) is 13.3 Å². The van der Waals surface area contributed by atoms with E-state index in [0.29, 0.717) is 0 Å². The van der Waals surface area contributed by atoms with Gasteiger partial charge in [-0.3, -0.25) is 10.0 Å². The second kappa shape index (κ2) is 4.78. The molecule has 0 spiro atoms. The first-order valence-electron chi connectivity index (χ1n) is 3.43. The lowest BCUT2D eigenvalue weighted by molar-refractivity contribution is -0.131. The van der Waals surface area contributed by atoms with Crippen LogP contribution in [0.15, 0.2) is 0 Å². The Labute approximate surface area is 83.8 Å². The number of carbonyl (C=O) groups excluding carboxylic acids is 1. The average Bonchev–Trinajstić information content (AvgIpc) is 1.99. The fourth-order valence-corrected chi connectivity index (χ4v) is 1.62. The molecule has 0 bridgehead atoms. The van der Waals surface area contributed by atoms with Gasteiger partial charge in [0.05, 0.1) is 0 Å². The Kier molecular flexibility index (Phi) is 5.57. The van der Waals surface area contributed by atoms with E-state index in [9.17, 15) is 13.2 Å². The molecular weight excluding hydrogens is 218 g/mol. The average molecular weight is 232 g/mol. The van der Waals surface area contributed by atoms with Crippen molar-refractivity contribution in [1.82, 2.24) is 5.48 Å². The molecule has 80 valence electrons. The van der Waals surface area contributed by atoms with Gasteiger partial charge in [0.2, 0.25) is 0 Å². The van der Waals surface area contributed by atoms with Gasteiger partial charge in [-0.2, -0.15) is 0 Å². The number of carbonyl (C=O) groups is 1. The van der Waals surface area contributed by atoms with Crippen LogP contribution in [0.25, 0.3) is 0 Å². The maximum absolute atomic E-state index is 11.1. The number of hydrogen-bond donors (Lipinski definition) is 2. The van der Waals surface area contributed by atoms with E-state index < -0.39 is 20.5 Å². The molecule has 13 heavy (non-hydrogen) atoms. The van der Waals surface area contributed by atoms with Crippen molar-refractivity contribution in [1.29, 1.82) is 0 Å². The van der Waals surface area contributed by atoms with Gasteiger partial charge in [0.15, 0.2) is 9.84 Å². The summed E-state index contributed by atoms with van der Waals surface area (Å²) in [6, 6.07) is 0. The molecule has 0 saturated heterocycles. The van der Waals surface area contributed by atoms with Crippen molar-refractivity contribution in [2.24, 2.45) is 0 Å². The van der Waals surface area contributed by atoms with Crippen molar-refractivity contribution in [3.8, 4) is 0 Å². The second-order valence-electron chi connectivity index (χ2n) is 2.80. The minimum absolute atomic E-state index is 0. The normalized spacial score (nSPS) is 15.4. The largest absolute Gasteiger partial charge is 0.289 e. The van der Waals surface area contributed by atoms with Crippen LogP contribution in [0.1, 0.15) is 20.3 Å². The Hall–Kier alpha value is -0.330. The first-order valence-corrected chi connectivity index (χ1v) is 5.33.